The van der Waals surface area contributed by atoms with Gasteiger partial charge in [0.2, 0.25) is 10.0 Å². The molecule has 0 aliphatic rings. The fourth-order valence-electron chi connectivity index (χ4n) is 3.56. The van der Waals surface area contributed by atoms with E-state index in [2.05, 4.69) is 29.4 Å². The van der Waals surface area contributed by atoms with Gasteiger partial charge in [-0.15, -0.1) is 0 Å². The van der Waals surface area contributed by atoms with Crippen molar-refractivity contribution in [2.45, 2.75) is 39.7 Å². The molecule has 0 bridgehead atoms. The first kappa shape index (κ1) is 36.2. The summed E-state index contributed by atoms with van der Waals surface area (Å²) in [5.41, 5.74) is 7.25. The van der Waals surface area contributed by atoms with Crippen LogP contribution in [0.2, 0.25) is 0 Å². The number of halogens is 2. The Kier molecular flexibility index (Phi) is 16.3. The standard InChI is InChI=1S/C21H37F2N5O5S.C7H8/c1-15(2)6-7-27(13-18(22)23)19-10-16(21(29)25-12-17(24)14-33-4)11-20(26-19)28(8-9-32-3)34(5,30)31;1-7-5-3-2-4-6-7/h10-11,15,17-18H,6-9,12-14,24H2,1-5H3,(H,25,29);2-6H,1H3. The molecule has 0 saturated heterocycles. The zero-order valence-corrected chi connectivity index (χ0v) is 25.7. The Morgan fingerprint density at radius 1 is 1.07 bits per heavy atom. The normalized spacial score (nSPS) is 12.1. The third kappa shape index (κ3) is 14.5. The van der Waals surface area contributed by atoms with Crippen LogP contribution in [0.15, 0.2) is 42.5 Å². The average molecular weight is 602 g/mol. The lowest BCUT2D eigenvalue weighted by Crippen LogP contribution is -2.40. The minimum Gasteiger partial charge on any atom is -0.383 e. The van der Waals surface area contributed by atoms with Crippen molar-refractivity contribution >= 4 is 27.6 Å². The lowest BCUT2D eigenvalue weighted by atomic mass is 10.1. The minimum atomic E-state index is -3.80. The molecule has 1 atom stereocenters. The second kappa shape index (κ2) is 18.5. The van der Waals surface area contributed by atoms with Crippen LogP contribution in [0.25, 0.3) is 0 Å². The van der Waals surface area contributed by atoms with Crippen LogP contribution in [-0.4, -0.2) is 91.6 Å². The van der Waals surface area contributed by atoms with Crippen molar-refractivity contribution in [3.8, 4) is 0 Å². The van der Waals surface area contributed by atoms with Crippen molar-refractivity contribution in [2.75, 3.05) is 69.1 Å². The second-order valence-electron chi connectivity index (χ2n) is 10.00. The van der Waals surface area contributed by atoms with E-state index in [9.17, 15) is 22.0 Å². The molecule has 1 aromatic carbocycles. The second-order valence-corrected chi connectivity index (χ2v) is 11.9. The van der Waals surface area contributed by atoms with Gasteiger partial charge < -0.3 is 25.4 Å². The molecule has 0 spiro atoms. The highest BCUT2D eigenvalue weighted by Crippen LogP contribution is 2.24. The van der Waals surface area contributed by atoms with Crippen LogP contribution in [0, 0.1) is 12.8 Å². The topological polar surface area (TPSA) is 127 Å². The number of benzene rings is 1. The summed E-state index contributed by atoms with van der Waals surface area (Å²) in [7, 11) is -0.898. The van der Waals surface area contributed by atoms with Crippen LogP contribution in [0.1, 0.15) is 36.2 Å². The quantitative estimate of drug-likeness (QED) is 0.300. The largest absolute Gasteiger partial charge is 0.383 e. The number of nitrogens with one attached hydrogen (secondary N) is 1. The van der Waals surface area contributed by atoms with Crippen LogP contribution < -0.4 is 20.3 Å². The van der Waals surface area contributed by atoms with Crippen LogP contribution in [0.5, 0.6) is 0 Å². The highest BCUT2D eigenvalue weighted by atomic mass is 32.2. The molecule has 13 heteroatoms. The van der Waals surface area contributed by atoms with Gasteiger partial charge in [-0.3, -0.25) is 9.10 Å². The molecular formula is C28H45F2N5O5S. The maximum Gasteiger partial charge on any atom is 0.255 e. The van der Waals surface area contributed by atoms with Crippen molar-refractivity contribution in [1.82, 2.24) is 10.3 Å². The zero-order valence-electron chi connectivity index (χ0n) is 24.8. The zero-order chi connectivity index (χ0) is 31.0. The Morgan fingerprint density at radius 2 is 1.71 bits per heavy atom. The van der Waals surface area contributed by atoms with Gasteiger partial charge in [0, 0.05) is 38.9 Å². The van der Waals surface area contributed by atoms with Gasteiger partial charge in [-0.05, 0) is 31.4 Å². The summed E-state index contributed by atoms with van der Waals surface area (Å²) in [6.07, 6.45) is -1.05. The van der Waals surface area contributed by atoms with E-state index in [1.54, 1.807) is 0 Å². The Morgan fingerprint density at radius 3 is 2.20 bits per heavy atom. The van der Waals surface area contributed by atoms with Crippen LogP contribution in [0.4, 0.5) is 20.4 Å². The monoisotopic (exact) mass is 601 g/mol. The Labute approximate surface area is 243 Å². The number of pyridine rings is 1. The molecule has 2 rings (SSSR count). The molecule has 0 fully saturated rings. The summed E-state index contributed by atoms with van der Waals surface area (Å²) in [5.74, 6) is -0.289. The molecule has 0 aliphatic heterocycles. The number of carbonyl (C=O) groups is 1. The third-order valence-corrected chi connectivity index (χ3v) is 6.89. The van der Waals surface area contributed by atoms with Gasteiger partial charge >= 0.3 is 0 Å². The molecule has 1 heterocycles. The van der Waals surface area contributed by atoms with E-state index in [-0.39, 0.29) is 56.0 Å². The van der Waals surface area contributed by atoms with E-state index in [0.717, 1.165) is 10.6 Å². The summed E-state index contributed by atoms with van der Waals surface area (Å²) < 4.78 is 62.5. The summed E-state index contributed by atoms with van der Waals surface area (Å²) in [5, 5.41) is 2.66. The lowest BCUT2D eigenvalue weighted by Gasteiger charge is -2.27. The maximum absolute atomic E-state index is 13.4. The van der Waals surface area contributed by atoms with Gasteiger partial charge in [0.25, 0.3) is 12.3 Å². The Hall–Kier alpha value is -2.87. The van der Waals surface area contributed by atoms with E-state index in [1.165, 1.54) is 36.8 Å². The fraction of sp³-hybridized carbons (Fsp3) is 0.571. The molecular weight excluding hydrogens is 556 g/mol. The van der Waals surface area contributed by atoms with Gasteiger partial charge in [0.15, 0.2) is 0 Å². The van der Waals surface area contributed by atoms with Crippen molar-refractivity contribution in [3.63, 3.8) is 0 Å². The summed E-state index contributed by atoms with van der Waals surface area (Å²) in [6, 6.07) is 12.5. The number of anilines is 2. The molecule has 3 N–H and O–H groups in total. The summed E-state index contributed by atoms with van der Waals surface area (Å²) >= 11 is 0. The van der Waals surface area contributed by atoms with E-state index < -0.39 is 34.9 Å². The fourth-order valence-corrected chi connectivity index (χ4v) is 4.40. The number of hydrogen-bond donors (Lipinski definition) is 2. The van der Waals surface area contributed by atoms with Gasteiger partial charge in [0.05, 0.1) is 32.6 Å². The molecule has 1 amide bonds. The third-order valence-electron chi connectivity index (χ3n) is 5.72. The molecule has 2 aromatic rings. The van der Waals surface area contributed by atoms with Gasteiger partial charge in [-0.2, -0.15) is 0 Å². The number of rotatable bonds is 16. The highest BCUT2D eigenvalue weighted by Gasteiger charge is 2.24. The first-order valence-corrected chi connectivity index (χ1v) is 15.2. The van der Waals surface area contributed by atoms with Gasteiger partial charge in [-0.25, -0.2) is 22.2 Å². The molecule has 1 unspecified atom stereocenters. The number of nitrogens with two attached hydrogens (primary N) is 1. The SMILES string of the molecule is COCCN(c1cc(C(=O)NCC(N)COC)cc(N(CCC(C)C)CC(F)F)n1)S(C)(=O)=O.Cc1ccccc1. The predicted molar refractivity (Wildman–Crippen MR) is 159 cm³/mol. The van der Waals surface area contributed by atoms with Crippen molar-refractivity contribution in [3.05, 3.63) is 53.6 Å². The van der Waals surface area contributed by atoms with Crippen molar-refractivity contribution < 1.29 is 31.5 Å². The number of carbonyl (C=O) groups excluding carboxylic acids is 1. The number of amides is 1. The van der Waals surface area contributed by atoms with E-state index in [1.807, 2.05) is 32.0 Å². The number of aromatic nitrogens is 1. The summed E-state index contributed by atoms with van der Waals surface area (Å²) in [4.78, 5) is 18.6. The number of nitrogens with zero attached hydrogens (tertiary/aromatic N) is 3. The molecule has 10 nitrogen and oxygen atoms in total. The molecule has 1 aromatic heterocycles. The van der Waals surface area contributed by atoms with Crippen LogP contribution in [0.3, 0.4) is 0 Å². The Bertz CT molecular complexity index is 1140. The Balaban J connectivity index is 0.00000104. The number of alkyl halides is 2. The number of ether oxygens (including phenoxy) is 2. The number of hydrogen-bond acceptors (Lipinski definition) is 8. The molecule has 0 saturated carbocycles. The lowest BCUT2D eigenvalue weighted by molar-refractivity contribution is 0.0943. The smallest absolute Gasteiger partial charge is 0.255 e. The van der Waals surface area contributed by atoms with Crippen molar-refractivity contribution in [1.29, 1.82) is 0 Å². The molecule has 41 heavy (non-hydrogen) atoms. The van der Waals surface area contributed by atoms with E-state index in [4.69, 9.17) is 15.2 Å². The predicted octanol–water partition coefficient (Wildman–Crippen LogP) is 3.31. The molecule has 232 valence electrons. The average Bonchev–Trinajstić information content (AvgIpc) is 2.89. The first-order chi connectivity index (χ1) is 19.3. The van der Waals surface area contributed by atoms with Crippen molar-refractivity contribution in [2.24, 2.45) is 11.7 Å². The van der Waals surface area contributed by atoms with Gasteiger partial charge in [0.1, 0.15) is 11.6 Å². The summed E-state index contributed by atoms with van der Waals surface area (Å²) in [6.45, 7) is 5.99. The number of sulfonamides is 1. The number of methoxy groups -OCH3 is 2. The minimum absolute atomic E-state index is 0.0628. The highest BCUT2D eigenvalue weighted by molar-refractivity contribution is 7.92. The molecule has 0 radical (unpaired) electrons. The van der Waals surface area contributed by atoms with Crippen LogP contribution in [-0.2, 0) is 19.5 Å². The van der Waals surface area contributed by atoms with E-state index in [0.29, 0.717) is 6.42 Å². The van der Waals surface area contributed by atoms with E-state index >= 15 is 0 Å². The molecule has 0 aliphatic carbocycles. The first-order valence-electron chi connectivity index (χ1n) is 13.3. The van der Waals surface area contributed by atoms with Gasteiger partial charge in [-0.1, -0.05) is 49.7 Å². The van der Waals surface area contributed by atoms with Crippen LogP contribution >= 0.6 is 0 Å². The number of aryl methyl sites for hydroxylation is 1. The maximum atomic E-state index is 13.4.